The molecule has 0 saturated carbocycles. The second-order valence-electron chi connectivity index (χ2n) is 6.71. The Labute approximate surface area is 197 Å². The van der Waals surface area contributed by atoms with Gasteiger partial charge in [0.05, 0.1) is 31.0 Å². The number of halogens is 1. The minimum absolute atomic E-state index is 0.0478. The number of nitrogens with zero attached hydrogens (tertiary/aromatic N) is 2. The molecule has 0 aliphatic carbocycles. The quantitative estimate of drug-likeness (QED) is 0.366. The molecule has 0 heterocycles. The highest BCUT2D eigenvalue weighted by Crippen LogP contribution is 2.27. The third-order valence-electron chi connectivity index (χ3n) is 4.53. The molecular weight excluding hydrogens is 466 g/mol. The van der Waals surface area contributed by atoms with Crippen molar-refractivity contribution in [2.24, 2.45) is 5.10 Å². The van der Waals surface area contributed by atoms with E-state index in [1.54, 1.807) is 54.6 Å². The van der Waals surface area contributed by atoms with Crippen LogP contribution >= 0.6 is 11.6 Å². The summed E-state index contributed by atoms with van der Waals surface area (Å²) in [7, 11) is -0.987. The molecule has 8 nitrogen and oxygen atoms in total. The average Bonchev–Trinajstić information content (AvgIpc) is 2.82. The van der Waals surface area contributed by atoms with Crippen LogP contribution in [0.15, 0.2) is 82.8 Å². The number of carbonyl (C=O) groups excluding carboxylic acids is 1. The zero-order valence-electron chi connectivity index (χ0n) is 17.9. The molecule has 3 aromatic rings. The first kappa shape index (κ1) is 24.1. The van der Waals surface area contributed by atoms with Crippen LogP contribution in [0.3, 0.4) is 0 Å². The molecule has 3 rings (SSSR count). The van der Waals surface area contributed by atoms with Crippen molar-refractivity contribution in [3.8, 4) is 11.5 Å². The number of benzene rings is 3. The van der Waals surface area contributed by atoms with E-state index in [1.807, 2.05) is 0 Å². The lowest BCUT2D eigenvalue weighted by Gasteiger charge is -2.23. The Kier molecular flexibility index (Phi) is 7.92. The summed E-state index contributed by atoms with van der Waals surface area (Å²) >= 11 is 6.05. The van der Waals surface area contributed by atoms with Gasteiger partial charge in [-0.25, -0.2) is 13.8 Å². The van der Waals surface area contributed by atoms with Crippen LogP contribution in [-0.4, -0.2) is 41.3 Å². The maximum Gasteiger partial charge on any atom is 0.264 e. The van der Waals surface area contributed by atoms with E-state index in [-0.39, 0.29) is 10.6 Å². The number of anilines is 1. The Morgan fingerprint density at radius 2 is 1.73 bits per heavy atom. The zero-order valence-corrected chi connectivity index (χ0v) is 19.5. The molecule has 172 valence electrons. The van der Waals surface area contributed by atoms with Crippen LogP contribution in [0.4, 0.5) is 5.69 Å². The van der Waals surface area contributed by atoms with Gasteiger partial charge in [-0.15, -0.1) is 0 Å². The van der Waals surface area contributed by atoms with Crippen molar-refractivity contribution >= 4 is 39.4 Å². The molecule has 1 amide bonds. The molecule has 0 unspecified atom stereocenters. The Balaban J connectivity index is 1.80. The van der Waals surface area contributed by atoms with Crippen LogP contribution in [0.1, 0.15) is 5.56 Å². The summed E-state index contributed by atoms with van der Waals surface area (Å²) in [4.78, 5) is 12.6. The number of hydrogen-bond donors (Lipinski definition) is 1. The normalized spacial score (nSPS) is 11.2. The molecule has 0 radical (unpaired) electrons. The summed E-state index contributed by atoms with van der Waals surface area (Å²) in [5.41, 5.74) is 3.26. The number of hydrogen-bond acceptors (Lipinski definition) is 6. The maximum atomic E-state index is 13.2. The second kappa shape index (κ2) is 10.8. The van der Waals surface area contributed by atoms with Crippen LogP contribution in [0, 0.1) is 0 Å². The fourth-order valence-electron chi connectivity index (χ4n) is 2.94. The minimum atomic E-state index is -4.03. The zero-order chi connectivity index (χ0) is 23.8. The van der Waals surface area contributed by atoms with E-state index < -0.39 is 22.5 Å². The standard InChI is InChI=1S/C23H22ClN3O5S/c1-31-21-12-11-17(13-22(21)32-2)15-25-26-23(28)16-27(19-8-6-7-18(24)14-19)33(29,30)20-9-4-3-5-10-20/h3-15H,16H2,1-2H3,(H,26,28)/b25-15+. The van der Waals surface area contributed by atoms with Crippen molar-refractivity contribution in [3.63, 3.8) is 0 Å². The first-order valence-electron chi connectivity index (χ1n) is 9.72. The van der Waals surface area contributed by atoms with E-state index in [0.29, 0.717) is 22.1 Å². The van der Waals surface area contributed by atoms with E-state index in [0.717, 1.165) is 4.31 Å². The van der Waals surface area contributed by atoms with Gasteiger partial charge < -0.3 is 9.47 Å². The highest BCUT2D eigenvalue weighted by atomic mass is 35.5. The number of sulfonamides is 1. The maximum absolute atomic E-state index is 13.2. The topological polar surface area (TPSA) is 97.3 Å². The predicted octanol–water partition coefficient (Wildman–Crippen LogP) is 3.70. The summed E-state index contributed by atoms with van der Waals surface area (Å²) in [6.07, 6.45) is 1.41. The number of rotatable bonds is 9. The second-order valence-corrected chi connectivity index (χ2v) is 9.01. The van der Waals surface area contributed by atoms with E-state index in [4.69, 9.17) is 21.1 Å². The minimum Gasteiger partial charge on any atom is -0.493 e. The molecule has 3 aromatic carbocycles. The Morgan fingerprint density at radius 1 is 1.00 bits per heavy atom. The van der Waals surface area contributed by atoms with Crippen molar-refractivity contribution in [2.75, 3.05) is 25.1 Å². The van der Waals surface area contributed by atoms with E-state index >= 15 is 0 Å². The van der Waals surface area contributed by atoms with Gasteiger partial charge in [-0.05, 0) is 54.1 Å². The predicted molar refractivity (Wildman–Crippen MR) is 128 cm³/mol. The molecule has 0 bridgehead atoms. The lowest BCUT2D eigenvalue weighted by Crippen LogP contribution is -2.39. The monoisotopic (exact) mass is 487 g/mol. The summed E-state index contributed by atoms with van der Waals surface area (Å²) in [5.74, 6) is 0.432. The summed E-state index contributed by atoms with van der Waals surface area (Å²) in [6, 6.07) is 19.2. The van der Waals surface area contributed by atoms with Crippen molar-refractivity contribution in [2.45, 2.75) is 4.90 Å². The first-order valence-corrected chi connectivity index (χ1v) is 11.5. The third kappa shape index (κ3) is 6.03. The number of amides is 1. The lowest BCUT2D eigenvalue weighted by molar-refractivity contribution is -0.119. The molecule has 0 spiro atoms. The molecule has 0 aliphatic rings. The molecule has 0 fully saturated rings. The molecular formula is C23H22ClN3O5S. The smallest absolute Gasteiger partial charge is 0.264 e. The summed E-state index contributed by atoms with van der Waals surface area (Å²) in [6.45, 7) is -0.499. The van der Waals surface area contributed by atoms with Crippen LogP contribution in [0.5, 0.6) is 11.5 Å². The highest BCUT2D eigenvalue weighted by molar-refractivity contribution is 7.92. The number of ether oxygens (including phenoxy) is 2. The molecule has 0 atom stereocenters. The van der Waals surface area contributed by atoms with Crippen molar-refractivity contribution in [3.05, 3.63) is 83.4 Å². The molecule has 10 heteroatoms. The third-order valence-corrected chi connectivity index (χ3v) is 6.55. The van der Waals surface area contributed by atoms with Gasteiger partial charge in [0.1, 0.15) is 6.54 Å². The van der Waals surface area contributed by atoms with Gasteiger partial charge in [-0.2, -0.15) is 5.10 Å². The van der Waals surface area contributed by atoms with Crippen molar-refractivity contribution < 1.29 is 22.7 Å². The lowest BCUT2D eigenvalue weighted by atomic mass is 10.2. The number of methoxy groups -OCH3 is 2. The van der Waals surface area contributed by atoms with Crippen molar-refractivity contribution in [1.29, 1.82) is 0 Å². The van der Waals surface area contributed by atoms with Gasteiger partial charge in [0.25, 0.3) is 15.9 Å². The average molecular weight is 488 g/mol. The number of nitrogens with one attached hydrogen (secondary N) is 1. The fraction of sp³-hybridized carbons (Fsp3) is 0.130. The summed E-state index contributed by atoms with van der Waals surface area (Å²) in [5, 5.41) is 4.26. The Morgan fingerprint density at radius 3 is 2.39 bits per heavy atom. The van der Waals surface area contributed by atoms with E-state index in [9.17, 15) is 13.2 Å². The molecule has 0 saturated heterocycles. The van der Waals surface area contributed by atoms with Gasteiger partial charge in [0, 0.05) is 5.02 Å². The first-order chi connectivity index (χ1) is 15.8. The van der Waals surface area contributed by atoms with Gasteiger partial charge in [0.15, 0.2) is 11.5 Å². The molecule has 1 N–H and O–H groups in total. The number of hydrazone groups is 1. The van der Waals surface area contributed by atoms with E-state index in [1.165, 1.54) is 38.6 Å². The number of carbonyl (C=O) groups is 1. The summed E-state index contributed by atoms with van der Waals surface area (Å²) < 4.78 is 37.9. The van der Waals surface area contributed by atoms with Gasteiger partial charge >= 0.3 is 0 Å². The van der Waals surface area contributed by atoms with E-state index in [2.05, 4.69) is 10.5 Å². The van der Waals surface area contributed by atoms with Gasteiger partial charge in [-0.1, -0.05) is 35.9 Å². The van der Waals surface area contributed by atoms with Crippen LogP contribution in [0.2, 0.25) is 5.02 Å². The van der Waals surface area contributed by atoms with Gasteiger partial charge in [0.2, 0.25) is 0 Å². The fourth-order valence-corrected chi connectivity index (χ4v) is 4.56. The molecule has 33 heavy (non-hydrogen) atoms. The SMILES string of the molecule is COc1ccc(/C=N/NC(=O)CN(c2cccc(Cl)c2)S(=O)(=O)c2ccccc2)cc1OC. The van der Waals surface area contributed by atoms with Crippen LogP contribution in [-0.2, 0) is 14.8 Å². The van der Waals surface area contributed by atoms with Gasteiger partial charge in [-0.3, -0.25) is 9.10 Å². The Hall–Kier alpha value is -3.56. The van der Waals surface area contributed by atoms with Crippen LogP contribution < -0.4 is 19.2 Å². The highest BCUT2D eigenvalue weighted by Gasteiger charge is 2.27. The van der Waals surface area contributed by atoms with Crippen molar-refractivity contribution in [1.82, 2.24) is 5.43 Å². The molecule has 0 aliphatic heterocycles. The molecule has 0 aromatic heterocycles. The Bertz CT molecular complexity index is 1250. The largest absolute Gasteiger partial charge is 0.493 e. The van der Waals surface area contributed by atoms with Crippen LogP contribution in [0.25, 0.3) is 0 Å².